The molecule has 0 radical (unpaired) electrons. The molecule has 6 heteroatoms. The number of aromatic nitrogens is 2. The number of hydrogen-bond acceptors (Lipinski definition) is 6. The van der Waals surface area contributed by atoms with Crippen molar-refractivity contribution in [2.45, 2.75) is 39.0 Å². The van der Waals surface area contributed by atoms with Gasteiger partial charge in [0.2, 0.25) is 0 Å². The van der Waals surface area contributed by atoms with Gasteiger partial charge in [0, 0.05) is 36.6 Å². The monoisotopic (exact) mass is 400 g/mol. The molecule has 1 aromatic heterocycles. The summed E-state index contributed by atoms with van der Waals surface area (Å²) in [5.74, 6) is 2.97. The Hall–Kier alpha value is -2.94. The van der Waals surface area contributed by atoms with Crippen molar-refractivity contribution in [3.05, 3.63) is 42.2 Å². The fourth-order valence-electron chi connectivity index (χ4n) is 4.82. The second-order valence-electron chi connectivity index (χ2n) is 9.51. The summed E-state index contributed by atoms with van der Waals surface area (Å²) < 4.78 is 0. The molecule has 30 heavy (non-hydrogen) atoms. The summed E-state index contributed by atoms with van der Waals surface area (Å²) in [6.07, 6.45) is 9.57. The van der Waals surface area contributed by atoms with E-state index in [0.29, 0.717) is 16.7 Å². The molecule has 3 aliphatic carbocycles. The SMILES string of the molecule is CC1CN(c2cc(Nc3ccccc3C=N)ncn2)CC12CC2.N#CC1CC12CC2. The third-order valence-electron chi connectivity index (χ3n) is 7.53. The Balaban J connectivity index is 0.000000230. The molecule has 4 fully saturated rings. The van der Waals surface area contributed by atoms with Crippen molar-refractivity contribution in [1.82, 2.24) is 9.97 Å². The van der Waals surface area contributed by atoms with E-state index in [2.05, 4.69) is 33.2 Å². The lowest BCUT2D eigenvalue weighted by Gasteiger charge is -2.18. The van der Waals surface area contributed by atoms with Gasteiger partial charge in [0.1, 0.15) is 18.0 Å². The van der Waals surface area contributed by atoms with Crippen molar-refractivity contribution >= 4 is 23.5 Å². The van der Waals surface area contributed by atoms with Gasteiger partial charge in [-0.1, -0.05) is 25.1 Å². The van der Waals surface area contributed by atoms with E-state index in [1.807, 2.05) is 30.3 Å². The Morgan fingerprint density at radius 1 is 1.20 bits per heavy atom. The van der Waals surface area contributed by atoms with Crippen LogP contribution in [0.25, 0.3) is 0 Å². The zero-order chi connectivity index (χ0) is 20.8. The van der Waals surface area contributed by atoms with Crippen molar-refractivity contribution in [3.63, 3.8) is 0 Å². The minimum atomic E-state index is 0.465. The molecular weight excluding hydrogens is 372 g/mol. The molecule has 2 aromatic rings. The van der Waals surface area contributed by atoms with Crippen molar-refractivity contribution in [1.29, 1.82) is 10.7 Å². The number of hydrogen-bond donors (Lipinski definition) is 2. The smallest absolute Gasteiger partial charge is 0.135 e. The molecule has 2 unspecified atom stereocenters. The first-order chi connectivity index (χ1) is 14.6. The lowest BCUT2D eigenvalue weighted by atomic mass is 9.95. The molecule has 2 spiro atoms. The standard InChI is InChI=1S/C18H21N5.C6H7N/c1-13-10-23(11-18(13)6-7-18)17-8-16(20-12-21-17)22-15-5-3-2-4-14(15)9-19;7-4-5-3-6(5)1-2-6/h2-5,8-9,12-13,19H,6-7,10-11H2,1H3,(H,20,21,22);5H,1-3H2. The highest BCUT2D eigenvalue weighted by atomic mass is 15.2. The van der Waals surface area contributed by atoms with Crippen molar-refractivity contribution in [2.75, 3.05) is 23.3 Å². The van der Waals surface area contributed by atoms with Crippen LogP contribution in [0, 0.1) is 39.4 Å². The summed E-state index contributed by atoms with van der Waals surface area (Å²) in [5.41, 5.74) is 2.89. The number of rotatable bonds is 4. The van der Waals surface area contributed by atoms with Crippen molar-refractivity contribution < 1.29 is 0 Å². The maximum absolute atomic E-state index is 8.33. The first-order valence-electron chi connectivity index (χ1n) is 10.9. The second kappa shape index (κ2) is 7.09. The Bertz CT molecular complexity index is 1000. The highest BCUT2D eigenvalue weighted by Gasteiger charge is 2.63. The zero-order valence-corrected chi connectivity index (χ0v) is 17.4. The summed E-state index contributed by atoms with van der Waals surface area (Å²) >= 11 is 0. The van der Waals surface area contributed by atoms with E-state index in [-0.39, 0.29) is 0 Å². The van der Waals surface area contributed by atoms with Gasteiger partial charge in [-0.15, -0.1) is 0 Å². The number of benzene rings is 1. The zero-order valence-electron chi connectivity index (χ0n) is 17.4. The minimum Gasteiger partial charge on any atom is -0.356 e. The molecule has 1 saturated heterocycles. The normalized spacial score (nSPS) is 25.8. The molecule has 6 nitrogen and oxygen atoms in total. The maximum atomic E-state index is 8.33. The van der Waals surface area contributed by atoms with Crippen LogP contribution in [0.2, 0.25) is 0 Å². The molecule has 2 N–H and O–H groups in total. The van der Waals surface area contributed by atoms with Gasteiger partial charge in [-0.25, -0.2) is 9.97 Å². The number of nitrogens with one attached hydrogen (secondary N) is 2. The number of anilines is 3. The van der Waals surface area contributed by atoms with Gasteiger partial charge in [-0.3, -0.25) is 0 Å². The van der Waals surface area contributed by atoms with Gasteiger partial charge in [0.15, 0.2) is 0 Å². The third kappa shape index (κ3) is 3.54. The first-order valence-corrected chi connectivity index (χ1v) is 10.9. The lowest BCUT2D eigenvalue weighted by Crippen LogP contribution is -2.21. The quantitative estimate of drug-likeness (QED) is 0.722. The Labute approximate surface area is 177 Å². The van der Waals surface area contributed by atoms with Gasteiger partial charge in [-0.2, -0.15) is 5.26 Å². The predicted octanol–water partition coefficient (Wildman–Crippen LogP) is 4.76. The molecule has 6 rings (SSSR count). The van der Waals surface area contributed by atoms with Crippen LogP contribution in [0.4, 0.5) is 17.3 Å². The van der Waals surface area contributed by atoms with E-state index in [9.17, 15) is 0 Å². The molecular formula is C24H28N6. The third-order valence-corrected chi connectivity index (χ3v) is 7.53. The van der Waals surface area contributed by atoms with Crippen LogP contribution in [0.3, 0.4) is 0 Å². The van der Waals surface area contributed by atoms with Crippen LogP contribution in [-0.4, -0.2) is 29.3 Å². The van der Waals surface area contributed by atoms with Gasteiger partial charge in [-0.05, 0) is 54.9 Å². The highest BCUT2D eigenvalue weighted by Crippen LogP contribution is 2.70. The predicted molar refractivity (Wildman–Crippen MR) is 118 cm³/mol. The van der Waals surface area contributed by atoms with Crippen LogP contribution >= 0.6 is 0 Å². The molecule has 0 bridgehead atoms. The average Bonchev–Trinajstić information content (AvgIpc) is 3.69. The van der Waals surface area contributed by atoms with E-state index < -0.39 is 0 Å². The molecule has 154 valence electrons. The summed E-state index contributed by atoms with van der Waals surface area (Å²) in [6, 6.07) is 12.1. The molecule has 2 atom stereocenters. The number of para-hydroxylation sites is 1. The number of nitrogens with zero attached hydrogens (tertiary/aromatic N) is 4. The Kier molecular flexibility index (Phi) is 4.50. The van der Waals surface area contributed by atoms with E-state index in [4.69, 9.17) is 10.7 Å². The van der Waals surface area contributed by atoms with Gasteiger partial charge < -0.3 is 15.6 Å². The van der Waals surface area contributed by atoms with Crippen LogP contribution in [0.1, 0.15) is 44.6 Å². The summed E-state index contributed by atoms with van der Waals surface area (Å²) in [6.45, 7) is 4.54. The Morgan fingerprint density at radius 2 is 1.97 bits per heavy atom. The molecule has 4 aliphatic rings. The molecule has 2 heterocycles. The van der Waals surface area contributed by atoms with Crippen LogP contribution < -0.4 is 10.2 Å². The lowest BCUT2D eigenvalue weighted by molar-refractivity contribution is 0.432. The summed E-state index contributed by atoms with van der Waals surface area (Å²) in [4.78, 5) is 11.2. The fraction of sp³-hybridized carbons (Fsp3) is 0.500. The number of nitriles is 1. The minimum absolute atomic E-state index is 0.465. The van der Waals surface area contributed by atoms with Gasteiger partial charge in [0.25, 0.3) is 0 Å². The van der Waals surface area contributed by atoms with Crippen molar-refractivity contribution in [2.24, 2.45) is 22.7 Å². The van der Waals surface area contributed by atoms with Crippen LogP contribution in [0.5, 0.6) is 0 Å². The van der Waals surface area contributed by atoms with Gasteiger partial charge >= 0.3 is 0 Å². The fourth-order valence-corrected chi connectivity index (χ4v) is 4.82. The van der Waals surface area contributed by atoms with E-state index in [1.54, 1.807) is 6.33 Å². The molecule has 3 saturated carbocycles. The first kappa shape index (κ1) is 19.0. The topological polar surface area (TPSA) is 88.7 Å². The maximum Gasteiger partial charge on any atom is 0.135 e. The average molecular weight is 401 g/mol. The summed E-state index contributed by atoms with van der Waals surface area (Å²) in [5, 5.41) is 19.1. The Morgan fingerprint density at radius 3 is 2.57 bits per heavy atom. The van der Waals surface area contributed by atoms with Gasteiger partial charge in [0.05, 0.1) is 12.0 Å². The van der Waals surface area contributed by atoms with E-state index >= 15 is 0 Å². The highest BCUT2D eigenvalue weighted by molar-refractivity contribution is 5.87. The second-order valence-corrected chi connectivity index (χ2v) is 9.51. The molecule has 1 aromatic carbocycles. The van der Waals surface area contributed by atoms with E-state index in [1.165, 1.54) is 38.3 Å². The molecule has 0 amide bonds. The largest absolute Gasteiger partial charge is 0.356 e. The molecule has 1 aliphatic heterocycles. The van der Waals surface area contributed by atoms with Crippen molar-refractivity contribution in [3.8, 4) is 6.07 Å². The van der Waals surface area contributed by atoms with E-state index in [0.717, 1.165) is 41.9 Å². The summed E-state index contributed by atoms with van der Waals surface area (Å²) in [7, 11) is 0. The van der Waals surface area contributed by atoms with Crippen LogP contribution in [0.15, 0.2) is 36.7 Å². The van der Waals surface area contributed by atoms with Crippen LogP contribution in [-0.2, 0) is 0 Å².